The fourth-order valence-electron chi connectivity index (χ4n) is 3.06. The maximum Gasteiger partial charge on any atom is 0.311 e. The number of aliphatic carboxylic acids is 1. The predicted molar refractivity (Wildman–Crippen MR) is 89.5 cm³/mol. The molecule has 1 aliphatic heterocycles. The molecule has 1 N–H and O–H groups in total. The van der Waals surface area contributed by atoms with Gasteiger partial charge >= 0.3 is 5.97 Å². The first-order valence-electron chi connectivity index (χ1n) is 8.28. The molecule has 0 aliphatic carbocycles. The molecule has 8 nitrogen and oxygen atoms in total. The van der Waals surface area contributed by atoms with Crippen LogP contribution in [-0.4, -0.2) is 55.2 Å². The fraction of sp³-hybridized carbons (Fsp3) is 0.471. The van der Waals surface area contributed by atoms with Gasteiger partial charge in [0.05, 0.1) is 5.41 Å². The standard InChI is InChI=1S/C17H21N5O3/c1-12(15(23)21-10-6-9-17(2,11-21)16(24)25)22-19-14(18-20-22)13-7-4-3-5-8-13/h3-5,7-8,12H,6,9-11H2,1-2H3,(H,24,25). The predicted octanol–water partition coefficient (Wildman–Crippen LogP) is 1.61. The third-order valence-corrected chi connectivity index (χ3v) is 4.69. The van der Waals surface area contributed by atoms with Gasteiger partial charge in [0.15, 0.2) is 0 Å². The van der Waals surface area contributed by atoms with Crippen molar-refractivity contribution in [3.63, 3.8) is 0 Å². The lowest BCUT2D eigenvalue weighted by Gasteiger charge is -2.38. The van der Waals surface area contributed by atoms with Gasteiger partial charge in [-0.05, 0) is 31.9 Å². The van der Waals surface area contributed by atoms with Crippen molar-refractivity contribution in [2.45, 2.75) is 32.7 Å². The molecule has 3 rings (SSSR count). The molecule has 25 heavy (non-hydrogen) atoms. The van der Waals surface area contributed by atoms with Crippen molar-refractivity contribution in [3.05, 3.63) is 30.3 Å². The molecule has 2 aromatic rings. The van der Waals surface area contributed by atoms with Crippen LogP contribution in [0.15, 0.2) is 30.3 Å². The number of likely N-dealkylation sites (tertiary alicyclic amines) is 1. The van der Waals surface area contributed by atoms with Crippen molar-refractivity contribution >= 4 is 11.9 Å². The number of carboxylic acid groups (broad SMARTS) is 1. The number of nitrogens with zero attached hydrogens (tertiary/aromatic N) is 5. The third-order valence-electron chi connectivity index (χ3n) is 4.69. The molecule has 1 aromatic heterocycles. The van der Waals surface area contributed by atoms with E-state index in [2.05, 4.69) is 15.4 Å². The summed E-state index contributed by atoms with van der Waals surface area (Å²) in [5.41, 5.74) is -0.0802. The molecule has 0 radical (unpaired) electrons. The molecule has 0 spiro atoms. The maximum atomic E-state index is 12.8. The number of benzene rings is 1. The summed E-state index contributed by atoms with van der Waals surface area (Å²) in [5, 5.41) is 21.7. The molecule has 0 bridgehead atoms. The monoisotopic (exact) mass is 343 g/mol. The highest BCUT2D eigenvalue weighted by Crippen LogP contribution is 2.30. The van der Waals surface area contributed by atoms with Crippen LogP contribution >= 0.6 is 0 Å². The van der Waals surface area contributed by atoms with Gasteiger partial charge in [0, 0.05) is 18.7 Å². The van der Waals surface area contributed by atoms with Crippen LogP contribution in [0.25, 0.3) is 11.4 Å². The van der Waals surface area contributed by atoms with Crippen LogP contribution in [0.4, 0.5) is 0 Å². The fourth-order valence-corrected chi connectivity index (χ4v) is 3.06. The highest BCUT2D eigenvalue weighted by Gasteiger charge is 2.40. The van der Waals surface area contributed by atoms with Crippen LogP contribution in [0.2, 0.25) is 0 Å². The summed E-state index contributed by atoms with van der Waals surface area (Å²) in [6, 6.07) is 8.76. The molecule has 132 valence electrons. The van der Waals surface area contributed by atoms with E-state index in [4.69, 9.17) is 0 Å². The summed E-state index contributed by atoms with van der Waals surface area (Å²) < 4.78 is 0. The van der Waals surface area contributed by atoms with E-state index >= 15 is 0 Å². The number of rotatable bonds is 4. The van der Waals surface area contributed by atoms with Crippen molar-refractivity contribution in [2.24, 2.45) is 5.41 Å². The molecule has 1 saturated heterocycles. The molecule has 1 aliphatic rings. The Bertz CT molecular complexity index is 776. The Hall–Kier alpha value is -2.77. The van der Waals surface area contributed by atoms with E-state index in [1.54, 1.807) is 18.7 Å². The van der Waals surface area contributed by atoms with Crippen LogP contribution in [0, 0.1) is 5.41 Å². The summed E-state index contributed by atoms with van der Waals surface area (Å²) in [4.78, 5) is 27.1. The van der Waals surface area contributed by atoms with Crippen molar-refractivity contribution in [2.75, 3.05) is 13.1 Å². The zero-order chi connectivity index (χ0) is 18.0. The van der Waals surface area contributed by atoms with Crippen LogP contribution in [0.1, 0.15) is 32.7 Å². The Morgan fingerprint density at radius 2 is 2.00 bits per heavy atom. The Kier molecular flexibility index (Phi) is 4.52. The van der Waals surface area contributed by atoms with E-state index in [-0.39, 0.29) is 12.5 Å². The summed E-state index contributed by atoms with van der Waals surface area (Å²) in [6.07, 6.45) is 1.24. The van der Waals surface area contributed by atoms with E-state index in [0.717, 1.165) is 5.56 Å². The Balaban J connectivity index is 1.75. The van der Waals surface area contributed by atoms with Crippen LogP contribution in [0.3, 0.4) is 0 Å². The van der Waals surface area contributed by atoms with E-state index in [9.17, 15) is 14.7 Å². The van der Waals surface area contributed by atoms with E-state index < -0.39 is 17.4 Å². The zero-order valence-corrected chi connectivity index (χ0v) is 14.3. The lowest BCUT2D eigenvalue weighted by molar-refractivity contribution is -0.154. The average molecular weight is 343 g/mol. The molecule has 1 fully saturated rings. The Labute approximate surface area is 145 Å². The molecular formula is C17H21N5O3. The SMILES string of the molecule is CC(C(=O)N1CCCC(C)(C(=O)O)C1)n1nnc(-c2ccccc2)n1. The normalized spacial score (nSPS) is 21.8. The Morgan fingerprint density at radius 3 is 2.68 bits per heavy atom. The second kappa shape index (κ2) is 6.62. The van der Waals surface area contributed by atoms with Crippen molar-refractivity contribution < 1.29 is 14.7 Å². The highest BCUT2D eigenvalue weighted by molar-refractivity contribution is 5.82. The van der Waals surface area contributed by atoms with E-state index in [1.165, 1.54) is 4.80 Å². The van der Waals surface area contributed by atoms with Crippen molar-refractivity contribution in [3.8, 4) is 11.4 Å². The number of hydrogen-bond acceptors (Lipinski definition) is 5. The number of piperidine rings is 1. The summed E-state index contributed by atoms with van der Waals surface area (Å²) in [7, 11) is 0. The smallest absolute Gasteiger partial charge is 0.311 e. The summed E-state index contributed by atoms with van der Waals surface area (Å²) in [5.74, 6) is -0.610. The molecule has 1 amide bonds. The van der Waals surface area contributed by atoms with Crippen molar-refractivity contribution in [1.29, 1.82) is 0 Å². The van der Waals surface area contributed by atoms with E-state index in [1.807, 2.05) is 30.3 Å². The first-order chi connectivity index (χ1) is 11.9. The number of tetrazole rings is 1. The van der Waals surface area contributed by atoms with E-state index in [0.29, 0.717) is 25.2 Å². The first-order valence-corrected chi connectivity index (χ1v) is 8.28. The average Bonchev–Trinajstić information content (AvgIpc) is 3.11. The van der Waals surface area contributed by atoms with Crippen LogP contribution in [-0.2, 0) is 9.59 Å². The van der Waals surface area contributed by atoms with Gasteiger partial charge in [-0.25, -0.2) is 0 Å². The largest absolute Gasteiger partial charge is 0.481 e. The minimum absolute atomic E-state index is 0.191. The second-order valence-corrected chi connectivity index (χ2v) is 6.70. The van der Waals surface area contributed by atoms with Gasteiger partial charge < -0.3 is 10.0 Å². The van der Waals surface area contributed by atoms with Gasteiger partial charge in [-0.3, -0.25) is 9.59 Å². The molecule has 0 saturated carbocycles. The van der Waals surface area contributed by atoms with Crippen LogP contribution < -0.4 is 0 Å². The number of aromatic nitrogens is 4. The number of amides is 1. The lowest BCUT2D eigenvalue weighted by atomic mass is 9.82. The van der Waals surface area contributed by atoms with Gasteiger partial charge in [0.1, 0.15) is 6.04 Å². The maximum absolute atomic E-state index is 12.8. The molecule has 8 heteroatoms. The molecular weight excluding hydrogens is 322 g/mol. The zero-order valence-electron chi connectivity index (χ0n) is 14.3. The molecule has 1 aromatic carbocycles. The lowest BCUT2D eigenvalue weighted by Crippen LogP contribution is -2.50. The third kappa shape index (κ3) is 3.38. The van der Waals surface area contributed by atoms with Gasteiger partial charge in [-0.1, -0.05) is 30.3 Å². The number of hydrogen-bond donors (Lipinski definition) is 1. The second-order valence-electron chi connectivity index (χ2n) is 6.70. The molecule has 2 heterocycles. The Morgan fingerprint density at radius 1 is 1.28 bits per heavy atom. The number of carbonyl (C=O) groups is 2. The minimum atomic E-state index is -0.904. The highest BCUT2D eigenvalue weighted by atomic mass is 16.4. The number of carbonyl (C=O) groups excluding carboxylic acids is 1. The molecule has 2 atom stereocenters. The topological polar surface area (TPSA) is 101 Å². The number of carboxylic acids is 1. The van der Waals surface area contributed by atoms with Gasteiger partial charge in [0.2, 0.25) is 11.7 Å². The van der Waals surface area contributed by atoms with Gasteiger partial charge in [0.25, 0.3) is 0 Å². The summed E-state index contributed by atoms with van der Waals surface area (Å²) >= 11 is 0. The van der Waals surface area contributed by atoms with Gasteiger partial charge in [-0.2, -0.15) is 4.80 Å². The van der Waals surface area contributed by atoms with Crippen molar-refractivity contribution in [1.82, 2.24) is 25.1 Å². The van der Waals surface area contributed by atoms with Gasteiger partial charge in [-0.15, -0.1) is 10.2 Å². The first kappa shape index (κ1) is 17.1. The minimum Gasteiger partial charge on any atom is -0.481 e. The van der Waals surface area contributed by atoms with Crippen LogP contribution in [0.5, 0.6) is 0 Å². The summed E-state index contributed by atoms with van der Waals surface area (Å²) in [6.45, 7) is 4.13. The molecule has 2 unspecified atom stereocenters. The quantitative estimate of drug-likeness (QED) is 0.905.